The summed E-state index contributed by atoms with van der Waals surface area (Å²) in [6.45, 7) is 14.9. The summed E-state index contributed by atoms with van der Waals surface area (Å²) in [5.41, 5.74) is 5.42. The second-order valence-electron chi connectivity index (χ2n) is 11.6. The number of amides is 1. The van der Waals surface area contributed by atoms with Gasteiger partial charge in [-0.15, -0.1) is 0 Å². The summed E-state index contributed by atoms with van der Waals surface area (Å²) in [6, 6.07) is 9.75. The number of H-pyrrole nitrogens is 1. The molecule has 1 amide bonds. The SMILES string of the molecule is C=CC(=O)N1CCN(c2nc(=O)n(-c3c(C)ccnc3C(C)C)c3nc(-c4c(C)ccc5[nH]ncc45)c(C#N)cc23)C(C)C1. The molecule has 1 aromatic carbocycles. The Bertz CT molecular complexity index is 2070. The average molecular weight is 588 g/mol. The Kier molecular flexibility index (Phi) is 7.21. The highest BCUT2D eigenvalue weighted by Gasteiger charge is 2.31. The first-order valence-electron chi connectivity index (χ1n) is 14.6. The van der Waals surface area contributed by atoms with Crippen molar-refractivity contribution in [3.63, 3.8) is 0 Å². The zero-order valence-corrected chi connectivity index (χ0v) is 25.4. The number of aromatic nitrogens is 6. The van der Waals surface area contributed by atoms with E-state index in [1.807, 2.05) is 57.7 Å². The number of aryl methyl sites for hydroxylation is 2. The van der Waals surface area contributed by atoms with Gasteiger partial charge >= 0.3 is 5.69 Å². The lowest BCUT2D eigenvalue weighted by Crippen LogP contribution is -2.54. The molecule has 0 saturated carbocycles. The first-order chi connectivity index (χ1) is 21.1. The maximum atomic E-state index is 14.2. The molecule has 1 unspecified atom stereocenters. The Morgan fingerprint density at radius 2 is 1.95 bits per heavy atom. The van der Waals surface area contributed by atoms with Crippen LogP contribution in [-0.4, -0.2) is 66.2 Å². The van der Waals surface area contributed by atoms with Gasteiger partial charge in [-0.3, -0.25) is 14.9 Å². The number of rotatable bonds is 5. The van der Waals surface area contributed by atoms with Crippen molar-refractivity contribution >= 4 is 33.7 Å². The van der Waals surface area contributed by atoms with Gasteiger partial charge in [-0.25, -0.2) is 14.3 Å². The number of piperazine rings is 1. The number of carbonyl (C=O) groups excluding carboxylic acids is 1. The van der Waals surface area contributed by atoms with Crippen molar-refractivity contribution in [3.05, 3.63) is 82.2 Å². The van der Waals surface area contributed by atoms with Gasteiger partial charge < -0.3 is 9.80 Å². The lowest BCUT2D eigenvalue weighted by molar-refractivity contribution is -0.126. The molecular formula is C33H33N9O2. The molecule has 0 spiro atoms. The number of nitrogens with one attached hydrogen (secondary N) is 1. The maximum Gasteiger partial charge on any atom is 0.355 e. The van der Waals surface area contributed by atoms with Gasteiger partial charge in [-0.1, -0.05) is 26.5 Å². The van der Waals surface area contributed by atoms with Crippen molar-refractivity contribution in [1.29, 1.82) is 5.26 Å². The van der Waals surface area contributed by atoms with Crippen LogP contribution in [0.2, 0.25) is 0 Å². The monoisotopic (exact) mass is 587 g/mol. The van der Waals surface area contributed by atoms with Crippen molar-refractivity contribution < 1.29 is 4.79 Å². The quantitative estimate of drug-likeness (QED) is 0.296. The number of carbonyl (C=O) groups is 1. The Hall–Kier alpha value is -5.37. The fourth-order valence-electron chi connectivity index (χ4n) is 6.15. The molecule has 1 saturated heterocycles. The van der Waals surface area contributed by atoms with Crippen LogP contribution < -0.4 is 10.6 Å². The molecule has 0 aliphatic carbocycles. The minimum Gasteiger partial charge on any atom is -0.350 e. The van der Waals surface area contributed by atoms with Crippen LogP contribution in [0.1, 0.15) is 49.1 Å². The summed E-state index contributed by atoms with van der Waals surface area (Å²) < 4.78 is 1.54. The highest BCUT2D eigenvalue weighted by molar-refractivity contribution is 5.99. The van der Waals surface area contributed by atoms with E-state index < -0.39 is 5.69 Å². The Labute approximate surface area is 254 Å². The number of aromatic amines is 1. The van der Waals surface area contributed by atoms with Gasteiger partial charge in [-0.05, 0) is 62.1 Å². The molecule has 44 heavy (non-hydrogen) atoms. The van der Waals surface area contributed by atoms with Gasteiger partial charge in [0.15, 0.2) is 5.65 Å². The highest BCUT2D eigenvalue weighted by Crippen LogP contribution is 2.37. The molecule has 6 rings (SSSR count). The lowest BCUT2D eigenvalue weighted by Gasteiger charge is -2.40. The van der Waals surface area contributed by atoms with Crippen molar-refractivity contribution in [2.45, 2.75) is 46.6 Å². The predicted molar refractivity (Wildman–Crippen MR) is 170 cm³/mol. The molecule has 0 bridgehead atoms. The number of nitriles is 1. The first-order valence-corrected chi connectivity index (χ1v) is 14.6. The molecule has 222 valence electrons. The largest absolute Gasteiger partial charge is 0.355 e. The fraction of sp³-hybridized carbons (Fsp3) is 0.303. The maximum absolute atomic E-state index is 14.2. The van der Waals surface area contributed by atoms with E-state index in [1.54, 1.807) is 23.4 Å². The third kappa shape index (κ3) is 4.59. The van der Waals surface area contributed by atoms with Gasteiger partial charge in [0.1, 0.15) is 11.9 Å². The molecular weight excluding hydrogens is 554 g/mol. The van der Waals surface area contributed by atoms with Crippen LogP contribution in [0.5, 0.6) is 0 Å². The molecule has 1 aliphatic heterocycles. The fourth-order valence-corrected chi connectivity index (χ4v) is 6.15. The topological polar surface area (TPSA) is 137 Å². The Morgan fingerprint density at radius 1 is 1.16 bits per heavy atom. The molecule has 5 aromatic rings. The standard InChI is InChI=1S/C33H33N9O2/c1-7-26(43)40-12-13-41(21(6)17-40)31-23-14-22(15-34)29(27-19(4)8-9-25-24(27)16-36-39-25)37-32(23)42(33(44)38-31)30-20(5)10-11-35-28(30)18(2)3/h7-11,14,16,18,21H,1,12-13,17H2,2-6H3,(H,36,39). The van der Waals surface area contributed by atoms with Crippen molar-refractivity contribution in [2.24, 2.45) is 0 Å². The third-order valence-corrected chi connectivity index (χ3v) is 8.35. The number of nitrogens with zero attached hydrogens (tertiary/aromatic N) is 8. The number of benzene rings is 1. The first kappa shape index (κ1) is 28.7. The third-order valence-electron chi connectivity index (χ3n) is 8.35. The summed E-state index contributed by atoms with van der Waals surface area (Å²) in [5, 5.41) is 19.1. The van der Waals surface area contributed by atoms with E-state index in [-0.39, 0.29) is 17.9 Å². The summed E-state index contributed by atoms with van der Waals surface area (Å²) in [6.07, 6.45) is 4.78. The van der Waals surface area contributed by atoms with Crippen molar-refractivity contribution in [3.8, 4) is 23.0 Å². The number of fused-ring (bicyclic) bond motifs is 2. The van der Waals surface area contributed by atoms with Crippen molar-refractivity contribution in [1.82, 2.24) is 34.6 Å². The molecule has 5 heterocycles. The second-order valence-corrected chi connectivity index (χ2v) is 11.6. The highest BCUT2D eigenvalue weighted by atomic mass is 16.2. The van der Waals surface area contributed by atoms with E-state index >= 15 is 0 Å². The molecule has 1 fully saturated rings. The van der Waals surface area contributed by atoms with Gasteiger partial charge in [0, 0.05) is 42.8 Å². The number of anilines is 1. The van der Waals surface area contributed by atoms with Gasteiger partial charge in [0.2, 0.25) is 5.91 Å². The molecule has 11 nitrogen and oxygen atoms in total. The summed E-state index contributed by atoms with van der Waals surface area (Å²) in [5.74, 6) is 0.308. The lowest BCUT2D eigenvalue weighted by atomic mass is 9.97. The van der Waals surface area contributed by atoms with Crippen LogP contribution in [0.3, 0.4) is 0 Å². The van der Waals surface area contributed by atoms with Crippen molar-refractivity contribution in [2.75, 3.05) is 24.5 Å². The zero-order chi connectivity index (χ0) is 31.3. The molecule has 1 atom stereocenters. The van der Waals surface area contributed by atoms with E-state index in [9.17, 15) is 14.9 Å². The minimum atomic E-state index is -0.497. The average Bonchev–Trinajstić information content (AvgIpc) is 3.49. The molecule has 4 aromatic heterocycles. The number of hydrogen-bond acceptors (Lipinski definition) is 8. The van der Waals surface area contributed by atoms with E-state index in [4.69, 9.17) is 4.98 Å². The number of pyridine rings is 2. The van der Waals surface area contributed by atoms with E-state index in [0.29, 0.717) is 53.4 Å². The normalized spacial score (nSPS) is 15.2. The van der Waals surface area contributed by atoms with E-state index in [0.717, 1.165) is 33.3 Å². The summed E-state index contributed by atoms with van der Waals surface area (Å²) in [7, 11) is 0. The van der Waals surface area contributed by atoms with Crippen LogP contribution in [-0.2, 0) is 4.79 Å². The van der Waals surface area contributed by atoms with Gasteiger partial charge in [0.05, 0.1) is 39.7 Å². The van der Waals surface area contributed by atoms with Crippen LogP contribution >= 0.6 is 0 Å². The Morgan fingerprint density at radius 3 is 2.66 bits per heavy atom. The molecule has 11 heteroatoms. The molecule has 0 radical (unpaired) electrons. The second kappa shape index (κ2) is 11.0. The van der Waals surface area contributed by atoms with Crippen LogP contribution in [0.4, 0.5) is 5.82 Å². The smallest absolute Gasteiger partial charge is 0.350 e. The van der Waals surface area contributed by atoms with Gasteiger partial charge in [-0.2, -0.15) is 15.3 Å². The minimum absolute atomic E-state index is 0.0156. The zero-order valence-electron chi connectivity index (χ0n) is 25.4. The number of hydrogen-bond donors (Lipinski definition) is 1. The summed E-state index contributed by atoms with van der Waals surface area (Å²) in [4.78, 5) is 44.7. The molecule has 1 N–H and O–H groups in total. The van der Waals surface area contributed by atoms with Crippen LogP contribution in [0, 0.1) is 25.2 Å². The predicted octanol–water partition coefficient (Wildman–Crippen LogP) is 4.55. The Balaban J connectivity index is 1.70. The van der Waals surface area contributed by atoms with E-state index in [2.05, 4.69) is 32.8 Å². The molecule has 1 aliphatic rings. The van der Waals surface area contributed by atoms with E-state index in [1.165, 1.54) is 10.6 Å². The summed E-state index contributed by atoms with van der Waals surface area (Å²) >= 11 is 0. The van der Waals surface area contributed by atoms with Gasteiger partial charge in [0.25, 0.3) is 0 Å². The van der Waals surface area contributed by atoms with Crippen LogP contribution in [0.15, 0.2) is 54.1 Å². The van der Waals surface area contributed by atoms with Crippen LogP contribution in [0.25, 0.3) is 38.9 Å².